The summed E-state index contributed by atoms with van der Waals surface area (Å²) in [5.74, 6) is 0. The van der Waals surface area contributed by atoms with Gasteiger partial charge in [-0.15, -0.1) is 0 Å². The molecule has 0 fully saturated rings. The molecule has 0 saturated heterocycles. The van der Waals surface area contributed by atoms with Gasteiger partial charge in [0.25, 0.3) is 0 Å². The lowest BCUT2D eigenvalue weighted by Crippen LogP contribution is -2.40. The normalized spacial score (nSPS) is 17.8. The first kappa shape index (κ1) is 13.8. The lowest BCUT2D eigenvalue weighted by molar-refractivity contribution is 0.00732. The minimum absolute atomic E-state index is 0.0387. The first-order valence-corrected chi connectivity index (χ1v) is 5.32. The summed E-state index contributed by atoms with van der Waals surface area (Å²) in [4.78, 5) is 0. The Morgan fingerprint density at radius 1 is 1.29 bits per heavy atom. The standard InChI is InChI=1S/C10H23NO3/c1-2-4-9(13)5-7-10(11,14)6-3-8-12/h9,12-14H,2-8,11H2,1H3. The van der Waals surface area contributed by atoms with E-state index in [0.717, 1.165) is 12.8 Å². The predicted molar refractivity (Wildman–Crippen MR) is 55.6 cm³/mol. The predicted octanol–water partition coefficient (Wildman–Crippen LogP) is 0.347. The number of nitrogens with two attached hydrogens (primary N) is 1. The SMILES string of the molecule is CCCC(O)CCC(N)(O)CCCO. The van der Waals surface area contributed by atoms with Crippen LogP contribution in [0.4, 0.5) is 0 Å². The maximum absolute atomic E-state index is 9.62. The Bertz CT molecular complexity index is 139. The van der Waals surface area contributed by atoms with Gasteiger partial charge in [0.2, 0.25) is 0 Å². The Morgan fingerprint density at radius 2 is 1.93 bits per heavy atom. The van der Waals surface area contributed by atoms with Gasteiger partial charge in [0.05, 0.1) is 6.10 Å². The third kappa shape index (κ3) is 7.26. The second-order valence-electron chi connectivity index (χ2n) is 3.91. The summed E-state index contributed by atoms with van der Waals surface area (Å²) in [6, 6.07) is 0. The van der Waals surface area contributed by atoms with E-state index in [-0.39, 0.29) is 12.7 Å². The van der Waals surface area contributed by atoms with E-state index >= 15 is 0 Å². The van der Waals surface area contributed by atoms with Crippen LogP contribution in [0.2, 0.25) is 0 Å². The van der Waals surface area contributed by atoms with Crippen LogP contribution in [0.25, 0.3) is 0 Å². The minimum Gasteiger partial charge on any atom is -0.396 e. The summed E-state index contributed by atoms with van der Waals surface area (Å²) in [5, 5.41) is 27.6. The Kier molecular flexibility index (Phi) is 7.09. The smallest absolute Gasteiger partial charge is 0.113 e. The Labute approximate surface area is 85.7 Å². The van der Waals surface area contributed by atoms with Gasteiger partial charge in [0.15, 0.2) is 0 Å². The van der Waals surface area contributed by atoms with Gasteiger partial charge >= 0.3 is 0 Å². The molecule has 0 aliphatic carbocycles. The Morgan fingerprint density at radius 3 is 2.43 bits per heavy atom. The van der Waals surface area contributed by atoms with Gasteiger partial charge in [0.1, 0.15) is 5.72 Å². The van der Waals surface area contributed by atoms with E-state index in [1.165, 1.54) is 0 Å². The lowest BCUT2D eigenvalue weighted by atomic mass is 9.99. The van der Waals surface area contributed by atoms with E-state index in [1.54, 1.807) is 0 Å². The lowest BCUT2D eigenvalue weighted by Gasteiger charge is -2.24. The summed E-state index contributed by atoms with van der Waals surface area (Å²) in [6.07, 6.45) is 3.08. The first-order chi connectivity index (χ1) is 6.52. The van der Waals surface area contributed by atoms with Crippen molar-refractivity contribution < 1.29 is 15.3 Å². The molecule has 0 amide bonds. The molecule has 14 heavy (non-hydrogen) atoms. The molecule has 4 nitrogen and oxygen atoms in total. The van der Waals surface area contributed by atoms with Crippen LogP contribution in [-0.4, -0.2) is 33.8 Å². The van der Waals surface area contributed by atoms with E-state index in [9.17, 15) is 10.2 Å². The molecule has 2 unspecified atom stereocenters. The summed E-state index contributed by atoms with van der Waals surface area (Å²) in [5.41, 5.74) is 4.34. The minimum atomic E-state index is -1.24. The molecule has 86 valence electrons. The highest BCUT2D eigenvalue weighted by Gasteiger charge is 2.21. The number of rotatable bonds is 8. The fourth-order valence-electron chi connectivity index (χ4n) is 1.40. The van der Waals surface area contributed by atoms with Crippen LogP contribution in [-0.2, 0) is 0 Å². The molecule has 0 heterocycles. The maximum atomic E-state index is 9.62. The van der Waals surface area contributed by atoms with Gasteiger partial charge in [-0.3, -0.25) is 0 Å². The largest absolute Gasteiger partial charge is 0.396 e. The van der Waals surface area contributed by atoms with Crippen molar-refractivity contribution >= 4 is 0 Å². The summed E-state index contributed by atoms with van der Waals surface area (Å²) >= 11 is 0. The molecule has 4 heteroatoms. The van der Waals surface area contributed by atoms with Gasteiger partial charge in [-0.05, 0) is 32.1 Å². The van der Waals surface area contributed by atoms with Crippen LogP contribution in [0, 0.1) is 0 Å². The second kappa shape index (κ2) is 7.17. The third-order valence-electron chi connectivity index (χ3n) is 2.30. The van der Waals surface area contributed by atoms with Gasteiger partial charge in [-0.1, -0.05) is 13.3 Å². The van der Waals surface area contributed by atoms with Gasteiger partial charge in [-0.2, -0.15) is 0 Å². The second-order valence-corrected chi connectivity index (χ2v) is 3.91. The first-order valence-electron chi connectivity index (χ1n) is 5.32. The third-order valence-corrected chi connectivity index (χ3v) is 2.30. The quantitative estimate of drug-likeness (QED) is 0.431. The molecule has 2 atom stereocenters. The summed E-state index contributed by atoms with van der Waals surface area (Å²) in [6.45, 7) is 2.04. The molecule has 0 aromatic carbocycles. The van der Waals surface area contributed by atoms with Crippen molar-refractivity contribution in [2.24, 2.45) is 5.73 Å². The molecule has 0 aliphatic rings. The Balaban J connectivity index is 3.63. The highest BCUT2D eigenvalue weighted by atomic mass is 16.3. The van der Waals surface area contributed by atoms with Crippen molar-refractivity contribution in [1.82, 2.24) is 0 Å². The van der Waals surface area contributed by atoms with Crippen LogP contribution >= 0.6 is 0 Å². The van der Waals surface area contributed by atoms with E-state index in [0.29, 0.717) is 25.7 Å². The van der Waals surface area contributed by atoms with Crippen LogP contribution in [0.3, 0.4) is 0 Å². The molecule has 0 spiro atoms. The van der Waals surface area contributed by atoms with Gasteiger partial charge in [-0.25, -0.2) is 0 Å². The van der Waals surface area contributed by atoms with E-state index in [4.69, 9.17) is 10.8 Å². The molecule has 0 aliphatic heterocycles. The highest BCUT2D eigenvalue weighted by molar-refractivity contribution is 4.72. The molecule has 0 saturated carbocycles. The monoisotopic (exact) mass is 205 g/mol. The van der Waals surface area contributed by atoms with E-state index in [2.05, 4.69) is 0 Å². The molecule has 0 bridgehead atoms. The van der Waals surface area contributed by atoms with Crippen molar-refractivity contribution in [2.75, 3.05) is 6.61 Å². The maximum Gasteiger partial charge on any atom is 0.113 e. The number of hydrogen-bond acceptors (Lipinski definition) is 4. The van der Waals surface area contributed by atoms with Crippen molar-refractivity contribution in [1.29, 1.82) is 0 Å². The van der Waals surface area contributed by atoms with E-state index in [1.807, 2.05) is 6.92 Å². The van der Waals surface area contributed by atoms with Crippen molar-refractivity contribution in [3.05, 3.63) is 0 Å². The number of hydrogen-bond donors (Lipinski definition) is 4. The fourth-order valence-corrected chi connectivity index (χ4v) is 1.40. The fraction of sp³-hybridized carbons (Fsp3) is 1.00. The van der Waals surface area contributed by atoms with Gasteiger partial charge < -0.3 is 21.1 Å². The molecule has 0 aromatic rings. The van der Waals surface area contributed by atoms with Gasteiger partial charge in [0, 0.05) is 6.61 Å². The highest BCUT2D eigenvalue weighted by Crippen LogP contribution is 2.15. The number of aliphatic hydroxyl groups is 3. The van der Waals surface area contributed by atoms with Crippen molar-refractivity contribution in [2.45, 2.75) is 57.3 Å². The Hall–Kier alpha value is -0.160. The summed E-state index contributed by atoms with van der Waals surface area (Å²) < 4.78 is 0. The molecular formula is C10H23NO3. The van der Waals surface area contributed by atoms with Crippen LogP contribution in [0.1, 0.15) is 45.4 Å². The van der Waals surface area contributed by atoms with Crippen LogP contribution in [0.15, 0.2) is 0 Å². The molecule has 5 N–H and O–H groups in total. The zero-order valence-corrected chi connectivity index (χ0v) is 8.95. The molecular weight excluding hydrogens is 182 g/mol. The molecule has 0 radical (unpaired) electrons. The topological polar surface area (TPSA) is 86.7 Å². The zero-order valence-electron chi connectivity index (χ0n) is 8.95. The zero-order chi connectivity index (χ0) is 11.0. The summed E-state index contributed by atoms with van der Waals surface area (Å²) in [7, 11) is 0. The van der Waals surface area contributed by atoms with Crippen LogP contribution in [0.5, 0.6) is 0 Å². The van der Waals surface area contributed by atoms with E-state index < -0.39 is 5.72 Å². The van der Waals surface area contributed by atoms with Crippen LogP contribution < -0.4 is 5.73 Å². The molecule has 0 rings (SSSR count). The average Bonchev–Trinajstić information content (AvgIpc) is 2.13. The molecule has 0 aromatic heterocycles. The number of aliphatic hydroxyl groups excluding tert-OH is 2. The van der Waals surface area contributed by atoms with Crippen molar-refractivity contribution in [3.63, 3.8) is 0 Å². The average molecular weight is 205 g/mol. The van der Waals surface area contributed by atoms with Crippen molar-refractivity contribution in [3.8, 4) is 0 Å².